The Morgan fingerprint density at radius 3 is 2.54 bits per heavy atom. The minimum atomic E-state index is -0.440. The molecule has 5 aromatic rings. The van der Waals surface area contributed by atoms with Gasteiger partial charge in [0.25, 0.3) is 5.91 Å². The van der Waals surface area contributed by atoms with Gasteiger partial charge >= 0.3 is 0 Å². The summed E-state index contributed by atoms with van der Waals surface area (Å²) in [7, 11) is 0. The largest absolute Gasteiger partial charge is 0.342 e. The van der Waals surface area contributed by atoms with Crippen LogP contribution in [-0.2, 0) is 5.75 Å². The molecule has 0 spiro atoms. The third-order valence-corrected chi connectivity index (χ3v) is 7.33. The molecule has 0 radical (unpaired) electrons. The molecule has 0 aliphatic carbocycles. The highest BCUT2D eigenvalue weighted by Crippen LogP contribution is 2.30. The molecule has 1 heterocycles. The molecule has 4 aromatic carbocycles. The summed E-state index contributed by atoms with van der Waals surface area (Å²) in [6.07, 6.45) is 0. The monoisotopic (exact) mass is 530 g/mol. The fourth-order valence-electron chi connectivity index (χ4n) is 4.11. The van der Waals surface area contributed by atoms with Crippen molar-refractivity contribution in [3.05, 3.63) is 118 Å². The van der Waals surface area contributed by atoms with Crippen LogP contribution in [0.1, 0.15) is 40.3 Å². The van der Waals surface area contributed by atoms with Gasteiger partial charge < -0.3 is 5.32 Å². The van der Waals surface area contributed by atoms with Crippen molar-refractivity contribution in [2.75, 3.05) is 0 Å². The van der Waals surface area contributed by atoms with Gasteiger partial charge in [0.05, 0.1) is 11.7 Å². The molecule has 1 unspecified atom stereocenters. The lowest BCUT2D eigenvalue weighted by Crippen LogP contribution is -2.28. The van der Waals surface area contributed by atoms with Crippen LogP contribution in [0, 0.1) is 12.7 Å². The van der Waals surface area contributed by atoms with Gasteiger partial charge in [0.1, 0.15) is 5.82 Å². The van der Waals surface area contributed by atoms with Crippen molar-refractivity contribution in [2.24, 2.45) is 0 Å². The summed E-state index contributed by atoms with van der Waals surface area (Å²) >= 11 is 7.83. The topological polar surface area (TPSA) is 59.8 Å². The third-order valence-electron chi connectivity index (χ3n) is 6.10. The van der Waals surface area contributed by atoms with Crippen LogP contribution < -0.4 is 5.32 Å². The molecule has 0 fully saturated rings. The Hall–Kier alpha value is -3.68. The summed E-state index contributed by atoms with van der Waals surface area (Å²) in [6, 6.07) is 25.2. The van der Waals surface area contributed by atoms with E-state index in [1.54, 1.807) is 12.1 Å². The van der Waals surface area contributed by atoms with E-state index in [1.807, 2.05) is 79.1 Å². The van der Waals surface area contributed by atoms with E-state index < -0.39 is 6.04 Å². The quantitative estimate of drug-likeness (QED) is 0.224. The zero-order valence-electron chi connectivity index (χ0n) is 20.3. The van der Waals surface area contributed by atoms with Crippen molar-refractivity contribution < 1.29 is 9.18 Å². The van der Waals surface area contributed by atoms with Gasteiger partial charge in [-0.3, -0.25) is 9.36 Å². The summed E-state index contributed by atoms with van der Waals surface area (Å²) in [5.74, 6) is 0.692. The van der Waals surface area contributed by atoms with Crippen LogP contribution in [-0.4, -0.2) is 20.7 Å². The van der Waals surface area contributed by atoms with E-state index >= 15 is 0 Å². The number of nitrogens with zero attached hydrogens (tertiary/aromatic N) is 3. The number of thioether (sulfide) groups is 1. The predicted octanol–water partition coefficient (Wildman–Crippen LogP) is 7.30. The van der Waals surface area contributed by atoms with Crippen LogP contribution >= 0.6 is 23.4 Å². The Labute approximate surface area is 223 Å². The number of hydrogen-bond acceptors (Lipinski definition) is 4. The fraction of sp³-hybridized carbons (Fsp3) is 0.138. The highest BCUT2D eigenvalue weighted by Gasteiger charge is 2.23. The van der Waals surface area contributed by atoms with Crippen LogP contribution in [0.4, 0.5) is 4.39 Å². The maximum Gasteiger partial charge on any atom is 0.251 e. The smallest absolute Gasteiger partial charge is 0.251 e. The number of aryl methyl sites for hydroxylation is 1. The summed E-state index contributed by atoms with van der Waals surface area (Å²) in [5, 5.41) is 15.3. The molecule has 5 rings (SSSR count). The van der Waals surface area contributed by atoms with Gasteiger partial charge in [-0.1, -0.05) is 71.9 Å². The molecule has 8 heteroatoms. The molecule has 1 aromatic heterocycles. The summed E-state index contributed by atoms with van der Waals surface area (Å²) < 4.78 is 15.3. The lowest BCUT2D eigenvalue weighted by molar-refractivity contribution is 0.0938. The SMILES string of the molecule is Cc1ccc(Cl)cc1-n1c(SCc2ccc(F)cc2)nnc1C(C)NC(=O)c1ccc2ccccc2c1. The molecule has 5 nitrogen and oxygen atoms in total. The first-order valence-corrected chi connectivity index (χ1v) is 13.1. The number of benzene rings is 4. The van der Waals surface area contributed by atoms with E-state index in [9.17, 15) is 9.18 Å². The van der Waals surface area contributed by atoms with E-state index in [4.69, 9.17) is 11.6 Å². The van der Waals surface area contributed by atoms with E-state index in [1.165, 1.54) is 23.9 Å². The summed E-state index contributed by atoms with van der Waals surface area (Å²) in [4.78, 5) is 13.2. The average Bonchev–Trinajstić information content (AvgIpc) is 3.33. The molecule has 0 aliphatic heterocycles. The molecule has 0 aliphatic rings. The number of rotatable bonds is 7. The standard InChI is InChI=1S/C29H24ClFN4OS/c1-18-7-12-24(30)16-26(18)35-27(33-34-29(35)37-17-20-8-13-25(31)14-9-20)19(2)32-28(36)23-11-10-21-5-3-4-6-22(21)15-23/h3-16,19H,17H2,1-2H3,(H,32,36). The average molecular weight is 531 g/mol. The molecular formula is C29H24ClFN4OS. The van der Waals surface area contributed by atoms with Crippen molar-refractivity contribution >= 4 is 40.0 Å². The number of nitrogens with one attached hydrogen (secondary N) is 1. The molecule has 1 amide bonds. The lowest BCUT2D eigenvalue weighted by atomic mass is 10.1. The number of fused-ring (bicyclic) bond motifs is 1. The minimum absolute atomic E-state index is 0.198. The maximum atomic E-state index is 13.3. The second-order valence-corrected chi connectivity index (χ2v) is 10.2. The Bertz CT molecular complexity index is 1590. The summed E-state index contributed by atoms with van der Waals surface area (Å²) in [6.45, 7) is 3.87. The van der Waals surface area contributed by atoms with Crippen molar-refractivity contribution in [1.29, 1.82) is 0 Å². The van der Waals surface area contributed by atoms with Gasteiger partial charge in [-0.05, 0) is 72.1 Å². The Balaban J connectivity index is 1.45. The number of carbonyl (C=O) groups is 1. The predicted molar refractivity (Wildman–Crippen MR) is 147 cm³/mol. The number of halogens is 2. The van der Waals surface area contributed by atoms with Crippen LogP contribution in [0.2, 0.25) is 5.02 Å². The van der Waals surface area contributed by atoms with E-state index in [2.05, 4.69) is 15.5 Å². The third kappa shape index (κ3) is 5.53. The molecule has 0 bridgehead atoms. The molecule has 0 saturated heterocycles. The first-order chi connectivity index (χ1) is 17.9. The molecule has 1 N–H and O–H groups in total. The number of hydrogen-bond donors (Lipinski definition) is 1. The Morgan fingerprint density at radius 2 is 1.76 bits per heavy atom. The molecule has 1 atom stereocenters. The number of amides is 1. The van der Waals surface area contributed by atoms with Gasteiger partial charge in [0, 0.05) is 16.3 Å². The fourth-order valence-corrected chi connectivity index (χ4v) is 5.18. The van der Waals surface area contributed by atoms with Gasteiger partial charge in [0.15, 0.2) is 11.0 Å². The Kier molecular flexibility index (Phi) is 7.26. The second kappa shape index (κ2) is 10.7. The minimum Gasteiger partial charge on any atom is -0.342 e. The van der Waals surface area contributed by atoms with E-state index in [0.29, 0.717) is 27.3 Å². The van der Waals surface area contributed by atoms with Gasteiger partial charge in [-0.25, -0.2) is 4.39 Å². The first-order valence-electron chi connectivity index (χ1n) is 11.8. The highest BCUT2D eigenvalue weighted by molar-refractivity contribution is 7.98. The molecule has 186 valence electrons. The summed E-state index contributed by atoms with van der Waals surface area (Å²) in [5.41, 5.74) is 3.35. The van der Waals surface area contributed by atoms with Gasteiger partial charge in [0.2, 0.25) is 0 Å². The molecular weight excluding hydrogens is 507 g/mol. The maximum absolute atomic E-state index is 13.3. The van der Waals surface area contributed by atoms with Crippen LogP contribution in [0.15, 0.2) is 90.1 Å². The first kappa shape index (κ1) is 25.0. The van der Waals surface area contributed by atoms with Crippen LogP contribution in [0.25, 0.3) is 16.5 Å². The highest BCUT2D eigenvalue weighted by atomic mass is 35.5. The zero-order valence-corrected chi connectivity index (χ0v) is 21.9. The van der Waals surface area contributed by atoms with Crippen molar-refractivity contribution in [3.8, 4) is 5.69 Å². The van der Waals surface area contributed by atoms with E-state index in [-0.39, 0.29) is 11.7 Å². The lowest BCUT2D eigenvalue weighted by Gasteiger charge is -2.18. The number of carbonyl (C=O) groups excluding carboxylic acids is 1. The normalized spacial score (nSPS) is 12.0. The van der Waals surface area contributed by atoms with E-state index in [0.717, 1.165) is 27.6 Å². The van der Waals surface area contributed by atoms with Gasteiger partial charge in [-0.2, -0.15) is 0 Å². The number of aromatic nitrogens is 3. The van der Waals surface area contributed by atoms with Crippen molar-refractivity contribution in [2.45, 2.75) is 30.8 Å². The molecule has 37 heavy (non-hydrogen) atoms. The van der Waals surface area contributed by atoms with Crippen molar-refractivity contribution in [1.82, 2.24) is 20.1 Å². The van der Waals surface area contributed by atoms with Crippen LogP contribution in [0.3, 0.4) is 0 Å². The Morgan fingerprint density at radius 1 is 1.00 bits per heavy atom. The second-order valence-electron chi connectivity index (χ2n) is 8.78. The van der Waals surface area contributed by atoms with Crippen molar-refractivity contribution in [3.63, 3.8) is 0 Å². The molecule has 0 saturated carbocycles. The van der Waals surface area contributed by atoms with Crippen LogP contribution in [0.5, 0.6) is 0 Å². The zero-order chi connectivity index (χ0) is 25.9. The van der Waals surface area contributed by atoms with Gasteiger partial charge in [-0.15, -0.1) is 10.2 Å².